The molecule has 0 unspecified atom stereocenters. The van der Waals surface area contributed by atoms with E-state index < -0.39 is 0 Å². The fourth-order valence-corrected chi connectivity index (χ4v) is 0.697. The van der Waals surface area contributed by atoms with Crippen LogP contribution in [0.4, 0.5) is 0 Å². The molecular weight excluding hydrogens is 174 g/mol. The molecule has 0 aliphatic heterocycles. The Morgan fingerprint density at radius 1 is 1.88 bits per heavy atom. The summed E-state index contributed by atoms with van der Waals surface area (Å²) in [5.74, 6) is 0. The van der Waals surface area contributed by atoms with Gasteiger partial charge in [0.1, 0.15) is 5.69 Å². The van der Waals surface area contributed by atoms with E-state index in [1.807, 2.05) is 0 Å². The van der Waals surface area contributed by atoms with Crippen molar-refractivity contribution in [3.8, 4) is 0 Å². The Kier molecular flexibility index (Phi) is 1.65. The lowest BCUT2D eigenvalue weighted by Crippen LogP contribution is -1.77. The molecule has 1 rings (SSSR count). The molecular formula is C4H4BrNO2. The summed E-state index contributed by atoms with van der Waals surface area (Å²) in [6.07, 6.45) is 0. The van der Waals surface area contributed by atoms with Crippen LogP contribution in [0.25, 0.3) is 0 Å². The van der Waals surface area contributed by atoms with Crippen LogP contribution in [0.3, 0.4) is 0 Å². The average molecular weight is 178 g/mol. The van der Waals surface area contributed by atoms with Gasteiger partial charge in [0.2, 0.25) is 4.67 Å². The molecule has 1 aromatic heterocycles. The quantitative estimate of drug-likeness (QED) is 0.695. The summed E-state index contributed by atoms with van der Waals surface area (Å²) >= 11 is 3.03. The van der Waals surface area contributed by atoms with Crippen molar-refractivity contribution in [2.45, 2.75) is 6.61 Å². The lowest BCUT2D eigenvalue weighted by molar-refractivity contribution is 0.265. The van der Waals surface area contributed by atoms with Crippen LogP contribution < -0.4 is 0 Å². The van der Waals surface area contributed by atoms with Crippen LogP contribution in [0.2, 0.25) is 0 Å². The van der Waals surface area contributed by atoms with E-state index in [0.717, 1.165) is 0 Å². The van der Waals surface area contributed by atoms with Crippen molar-refractivity contribution in [2.24, 2.45) is 0 Å². The highest BCUT2D eigenvalue weighted by Crippen LogP contribution is 2.09. The van der Waals surface area contributed by atoms with Crippen molar-refractivity contribution in [1.82, 2.24) is 5.16 Å². The van der Waals surface area contributed by atoms with Crippen LogP contribution in [-0.2, 0) is 6.61 Å². The summed E-state index contributed by atoms with van der Waals surface area (Å²) < 4.78 is 5.11. The molecule has 0 saturated heterocycles. The fourth-order valence-electron chi connectivity index (χ4n) is 0.360. The van der Waals surface area contributed by atoms with Crippen molar-refractivity contribution in [3.05, 3.63) is 16.4 Å². The average Bonchev–Trinajstić information content (AvgIpc) is 2.14. The Morgan fingerprint density at radius 3 is 2.88 bits per heavy atom. The zero-order chi connectivity index (χ0) is 5.98. The molecule has 0 aromatic carbocycles. The van der Waals surface area contributed by atoms with E-state index in [1.165, 1.54) is 0 Å². The van der Waals surface area contributed by atoms with E-state index in [0.29, 0.717) is 10.4 Å². The number of halogens is 1. The number of aliphatic hydroxyl groups is 1. The predicted octanol–water partition coefficient (Wildman–Crippen LogP) is 0.929. The number of hydrogen-bond donors (Lipinski definition) is 1. The van der Waals surface area contributed by atoms with Crippen molar-refractivity contribution in [3.63, 3.8) is 0 Å². The van der Waals surface area contributed by atoms with Crippen LogP contribution in [-0.4, -0.2) is 10.3 Å². The minimum absolute atomic E-state index is 0.0743. The monoisotopic (exact) mass is 177 g/mol. The molecule has 4 heteroatoms. The summed E-state index contributed by atoms with van der Waals surface area (Å²) in [4.78, 5) is 0. The highest BCUT2D eigenvalue weighted by molar-refractivity contribution is 9.10. The van der Waals surface area contributed by atoms with E-state index in [9.17, 15) is 0 Å². The van der Waals surface area contributed by atoms with Crippen LogP contribution >= 0.6 is 15.9 Å². The van der Waals surface area contributed by atoms with Gasteiger partial charge in [-0.2, -0.15) is 0 Å². The molecule has 0 aliphatic rings. The summed E-state index contributed by atoms with van der Waals surface area (Å²) in [7, 11) is 0. The number of rotatable bonds is 1. The van der Waals surface area contributed by atoms with Crippen molar-refractivity contribution < 1.29 is 9.63 Å². The van der Waals surface area contributed by atoms with Crippen LogP contribution in [0.1, 0.15) is 5.69 Å². The second-order valence-electron chi connectivity index (χ2n) is 1.28. The Labute approximate surface area is 54.4 Å². The van der Waals surface area contributed by atoms with Crippen LogP contribution in [0.5, 0.6) is 0 Å². The van der Waals surface area contributed by atoms with Gasteiger partial charge in [0.05, 0.1) is 6.61 Å². The maximum Gasteiger partial charge on any atom is 0.202 e. The van der Waals surface area contributed by atoms with E-state index in [2.05, 4.69) is 25.6 Å². The maximum atomic E-state index is 8.41. The SMILES string of the molecule is OCc1cc(Br)on1. The Hall–Kier alpha value is -0.350. The van der Waals surface area contributed by atoms with Gasteiger partial charge in [-0.25, -0.2) is 0 Å². The van der Waals surface area contributed by atoms with Crippen LogP contribution in [0.15, 0.2) is 15.3 Å². The minimum Gasteiger partial charge on any atom is -0.390 e. The molecule has 3 nitrogen and oxygen atoms in total. The molecule has 0 atom stereocenters. The van der Waals surface area contributed by atoms with Gasteiger partial charge in [-0.05, 0) is 15.9 Å². The summed E-state index contributed by atoms with van der Waals surface area (Å²) in [5, 5.41) is 11.9. The summed E-state index contributed by atoms with van der Waals surface area (Å²) in [5.41, 5.74) is 0.539. The molecule has 0 amide bonds. The number of nitrogens with zero attached hydrogens (tertiary/aromatic N) is 1. The second kappa shape index (κ2) is 2.28. The minimum atomic E-state index is -0.0743. The zero-order valence-corrected chi connectivity index (χ0v) is 5.55. The molecule has 1 N–H and O–H groups in total. The molecule has 44 valence electrons. The predicted molar refractivity (Wildman–Crippen MR) is 30.1 cm³/mol. The van der Waals surface area contributed by atoms with Gasteiger partial charge in [-0.1, -0.05) is 5.16 Å². The first kappa shape index (κ1) is 5.78. The fraction of sp³-hybridized carbons (Fsp3) is 0.250. The van der Waals surface area contributed by atoms with E-state index in [1.54, 1.807) is 6.07 Å². The molecule has 8 heavy (non-hydrogen) atoms. The third-order valence-electron chi connectivity index (χ3n) is 0.692. The van der Waals surface area contributed by atoms with Gasteiger partial charge < -0.3 is 9.63 Å². The van der Waals surface area contributed by atoms with Crippen LogP contribution in [0, 0.1) is 0 Å². The summed E-state index contributed by atoms with van der Waals surface area (Å²) in [6, 6.07) is 1.61. The number of aliphatic hydroxyl groups excluding tert-OH is 1. The summed E-state index contributed by atoms with van der Waals surface area (Å²) in [6.45, 7) is -0.0743. The molecule has 0 fully saturated rings. The van der Waals surface area contributed by atoms with Gasteiger partial charge in [-0.3, -0.25) is 0 Å². The standard InChI is InChI=1S/C4H4BrNO2/c5-4-1-3(2-7)6-8-4/h1,7H,2H2. The normalized spacial score (nSPS) is 9.75. The lowest BCUT2D eigenvalue weighted by Gasteiger charge is -1.75. The second-order valence-corrected chi connectivity index (χ2v) is 2.06. The molecule has 0 bridgehead atoms. The molecule has 0 aliphatic carbocycles. The first-order chi connectivity index (χ1) is 3.83. The van der Waals surface area contributed by atoms with E-state index >= 15 is 0 Å². The van der Waals surface area contributed by atoms with E-state index in [-0.39, 0.29) is 6.61 Å². The number of aromatic nitrogens is 1. The highest BCUT2D eigenvalue weighted by Gasteiger charge is 1.96. The topological polar surface area (TPSA) is 46.3 Å². The molecule has 1 heterocycles. The maximum absolute atomic E-state index is 8.41. The highest BCUT2D eigenvalue weighted by atomic mass is 79.9. The number of hydrogen-bond acceptors (Lipinski definition) is 3. The largest absolute Gasteiger partial charge is 0.390 e. The molecule has 0 spiro atoms. The molecule has 0 radical (unpaired) electrons. The van der Waals surface area contributed by atoms with Gasteiger partial charge >= 0.3 is 0 Å². The lowest BCUT2D eigenvalue weighted by atomic mass is 10.5. The Balaban J connectivity index is 2.84. The molecule has 1 aromatic rings. The Morgan fingerprint density at radius 2 is 2.62 bits per heavy atom. The van der Waals surface area contributed by atoms with Gasteiger partial charge in [0.15, 0.2) is 0 Å². The third-order valence-corrected chi connectivity index (χ3v) is 1.07. The smallest absolute Gasteiger partial charge is 0.202 e. The van der Waals surface area contributed by atoms with Crippen molar-refractivity contribution >= 4 is 15.9 Å². The Bertz CT molecular complexity index is 174. The van der Waals surface area contributed by atoms with Gasteiger partial charge in [-0.15, -0.1) is 0 Å². The first-order valence-corrected chi connectivity index (χ1v) is 2.84. The van der Waals surface area contributed by atoms with E-state index in [4.69, 9.17) is 5.11 Å². The van der Waals surface area contributed by atoms with Gasteiger partial charge in [0, 0.05) is 6.07 Å². The molecule has 0 saturated carbocycles. The van der Waals surface area contributed by atoms with Gasteiger partial charge in [0.25, 0.3) is 0 Å². The van der Waals surface area contributed by atoms with Crippen molar-refractivity contribution in [2.75, 3.05) is 0 Å². The zero-order valence-electron chi connectivity index (χ0n) is 3.97. The van der Waals surface area contributed by atoms with Crippen molar-refractivity contribution in [1.29, 1.82) is 0 Å². The third kappa shape index (κ3) is 1.08. The first-order valence-electron chi connectivity index (χ1n) is 2.05.